The minimum atomic E-state index is 0.149. The third-order valence-corrected chi connectivity index (χ3v) is 2.13. The molecule has 0 radical (unpaired) electrons. The summed E-state index contributed by atoms with van der Waals surface area (Å²) in [5.74, 6) is 0. The number of nitrogens with one attached hydrogen (secondary N) is 1. The van der Waals surface area contributed by atoms with Crippen LogP contribution >= 0.6 is 0 Å². The first-order valence-electron chi connectivity index (χ1n) is 3.99. The third kappa shape index (κ3) is 0.978. The number of rotatable bonds is 0. The van der Waals surface area contributed by atoms with Crippen molar-refractivity contribution in [2.24, 2.45) is 9.98 Å². The van der Waals surface area contributed by atoms with Gasteiger partial charge in [0.25, 0.3) is 0 Å². The van der Waals surface area contributed by atoms with Crippen LogP contribution in [0.4, 0.5) is 0 Å². The van der Waals surface area contributed by atoms with E-state index in [0.29, 0.717) is 0 Å². The molecular formula is C9H11N3. The average molecular weight is 161 g/mol. The van der Waals surface area contributed by atoms with Crippen molar-refractivity contribution in [2.75, 3.05) is 0 Å². The maximum Gasteiger partial charge on any atom is 0.116 e. The first-order valence-corrected chi connectivity index (χ1v) is 3.99. The topological polar surface area (TPSA) is 36.8 Å². The lowest BCUT2D eigenvalue weighted by Gasteiger charge is -2.22. The highest BCUT2D eigenvalue weighted by atomic mass is 15.0. The highest BCUT2D eigenvalue weighted by Crippen LogP contribution is 2.23. The first kappa shape index (κ1) is 7.28. The molecule has 3 heteroatoms. The number of aliphatic imine (C=N–C) groups is 2. The second kappa shape index (κ2) is 2.59. The van der Waals surface area contributed by atoms with Gasteiger partial charge >= 0.3 is 0 Å². The van der Waals surface area contributed by atoms with E-state index in [2.05, 4.69) is 22.2 Å². The summed E-state index contributed by atoms with van der Waals surface area (Å²) in [4.78, 5) is 8.59. The molecule has 2 aliphatic rings. The molecule has 12 heavy (non-hydrogen) atoms. The number of allylic oxidation sites excluding steroid dienone is 2. The molecule has 2 heterocycles. The molecule has 1 unspecified atom stereocenters. The Balaban J connectivity index is 2.44. The smallest absolute Gasteiger partial charge is 0.116 e. The molecular weight excluding hydrogens is 150 g/mol. The molecule has 1 atom stereocenters. The quantitative estimate of drug-likeness (QED) is 0.570. The summed E-state index contributed by atoms with van der Waals surface area (Å²) in [5, 5.41) is 3.05. The van der Waals surface area contributed by atoms with Crippen molar-refractivity contribution < 1.29 is 0 Å². The van der Waals surface area contributed by atoms with Gasteiger partial charge in [-0.1, -0.05) is 0 Å². The number of fused-ring (bicyclic) bond motifs is 1. The Kier molecular flexibility index (Phi) is 1.57. The largest absolute Gasteiger partial charge is 0.349 e. The van der Waals surface area contributed by atoms with Gasteiger partial charge in [-0.05, 0) is 25.5 Å². The lowest BCUT2D eigenvalue weighted by atomic mass is 10.0. The summed E-state index contributed by atoms with van der Waals surface area (Å²) in [7, 11) is 0. The Labute approximate surface area is 71.6 Å². The fraction of sp³-hybridized carbons (Fsp3) is 0.333. The number of hydrogen-bond acceptors (Lipinski definition) is 3. The zero-order valence-electron chi connectivity index (χ0n) is 7.20. The van der Waals surface area contributed by atoms with E-state index in [1.807, 2.05) is 19.2 Å². The molecule has 2 rings (SSSR count). The molecule has 0 amide bonds. The van der Waals surface area contributed by atoms with Crippen LogP contribution in [-0.2, 0) is 0 Å². The minimum absolute atomic E-state index is 0.149. The van der Waals surface area contributed by atoms with E-state index in [-0.39, 0.29) is 6.04 Å². The molecule has 0 aromatic rings. The summed E-state index contributed by atoms with van der Waals surface area (Å²) in [5.41, 5.74) is 3.38. The number of dihydropyridines is 1. The van der Waals surface area contributed by atoms with E-state index in [9.17, 15) is 0 Å². The van der Waals surface area contributed by atoms with Gasteiger partial charge in [-0.15, -0.1) is 0 Å². The van der Waals surface area contributed by atoms with Gasteiger partial charge < -0.3 is 5.32 Å². The van der Waals surface area contributed by atoms with Crippen molar-refractivity contribution in [3.8, 4) is 0 Å². The van der Waals surface area contributed by atoms with Crippen molar-refractivity contribution in [3.63, 3.8) is 0 Å². The van der Waals surface area contributed by atoms with Gasteiger partial charge in [-0.25, -0.2) is 0 Å². The molecule has 0 aromatic heterocycles. The van der Waals surface area contributed by atoms with E-state index in [1.54, 1.807) is 6.34 Å². The van der Waals surface area contributed by atoms with Crippen LogP contribution in [0.3, 0.4) is 0 Å². The van der Waals surface area contributed by atoms with Gasteiger partial charge in [0.1, 0.15) is 6.04 Å². The first-order chi connectivity index (χ1) is 5.79. The highest BCUT2D eigenvalue weighted by molar-refractivity contribution is 5.77. The molecule has 2 aliphatic heterocycles. The molecule has 0 fully saturated rings. The Morgan fingerprint density at radius 3 is 3.00 bits per heavy atom. The summed E-state index contributed by atoms with van der Waals surface area (Å²) < 4.78 is 0. The Morgan fingerprint density at radius 2 is 2.25 bits per heavy atom. The second-order valence-corrected chi connectivity index (χ2v) is 3.02. The summed E-state index contributed by atoms with van der Waals surface area (Å²) in [6.07, 6.45) is 5.57. The van der Waals surface area contributed by atoms with E-state index >= 15 is 0 Å². The van der Waals surface area contributed by atoms with Crippen LogP contribution in [0.5, 0.6) is 0 Å². The van der Waals surface area contributed by atoms with Crippen LogP contribution < -0.4 is 5.32 Å². The lowest BCUT2D eigenvalue weighted by Crippen LogP contribution is -2.25. The lowest BCUT2D eigenvalue weighted by molar-refractivity contribution is 0.809. The summed E-state index contributed by atoms with van der Waals surface area (Å²) >= 11 is 0. The van der Waals surface area contributed by atoms with Crippen LogP contribution in [0, 0.1) is 0 Å². The van der Waals surface area contributed by atoms with Crippen molar-refractivity contribution in [2.45, 2.75) is 19.9 Å². The highest BCUT2D eigenvalue weighted by Gasteiger charge is 2.20. The van der Waals surface area contributed by atoms with E-state index in [1.165, 1.54) is 5.57 Å². The molecule has 0 aromatic carbocycles. The van der Waals surface area contributed by atoms with Gasteiger partial charge in [0, 0.05) is 11.9 Å². The third-order valence-electron chi connectivity index (χ3n) is 2.13. The van der Waals surface area contributed by atoms with Gasteiger partial charge in [0.05, 0.1) is 12.0 Å². The molecule has 0 saturated carbocycles. The molecule has 0 spiro atoms. The fourth-order valence-corrected chi connectivity index (χ4v) is 1.39. The maximum absolute atomic E-state index is 4.31. The predicted molar refractivity (Wildman–Crippen MR) is 50.4 cm³/mol. The molecule has 0 aliphatic carbocycles. The maximum atomic E-state index is 4.31. The van der Waals surface area contributed by atoms with Crippen molar-refractivity contribution >= 4 is 12.6 Å². The van der Waals surface area contributed by atoms with Crippen molar-refractivity contribution in [3.05, 3.63) is 23.0 Å². The molecule has 1 N–H and O–H groups in total. The predicted octanol–water partition coefficient (Wildman–Crippen LogP) is 1.25. The van der Waals surface area contributed by atoms with Crippen LogP contribution in [0.1, 0.15) is 13.8 Å². The zero-order chi connectivity index (χ0) is 8.55. The fourth-order valence-electron chi connectivity index (χ4n) is 1.39. The van der Waals surface area contributed by atoms with Crippen LogP contribution in [-0.4, -0.2) is 18.6 Å². The molecule has 0 saturated heterocycles. The Bertz CT molecular complexity index is 321. The molecule has 62 valence electrons. The van der Waals surface area contributed by atoms with Gasteiger partial charge in [0.15, 0.2) is 0 Å². The SMILES string of the molecule is CC1=CC=NC2=C(C)NC=NC12. The van der Waals surface area contributed by atoms with Gasteiger partial charge in [-0.2, -0.15) is 0 Å². The van der Waals surface area contributed by atoms with Gasteiger partial charge in [-0.3, -0.25) is 9.98 Å². The van der Waals surface area contributed by atoms with E-state index < -0.39 is 0 Å². The molecule has 0 bridgehead atoms. The van der Waals surface area contributed by atoms with Crippen LogP contribution in [0.15, 0.2) is 33.0 Å². The standard InChI is InChI=1S/C9H11N3/c1-6-3-4-10-9-7(2)11-5-12-8(6)9/h3-5,8H,1-2H3,(H,11,12). The Hall–Kier alpha value is -1.38. The minimum Gasteiger partial charge on any atom is -0.349 e. The number of hydrogen-bond donors (Lipinski definition) is 1. The zero-order valence-corrected chi connectivity index (χ0v) is 7.20. The average Bonchev–Trinajstić information content (AvgIpc) is 2.07. The Morgan fingerprint density at radius 1 is 1.42 bits per heavy atom. The van der Waals surface area contributed by atoms with Crippen molar-refractivity contribution in [1.82, 2.24) is 5.32 Å². The summed E-state index contributed by atoms with van der Waals surface area (Å²) in [6.45, 7) is 4.09. The van der Waals surface area contributed by atoms with Gasteiger partial charge in [0.2, 0.25) is 0 Å². The van der Waals surface area contributed by atoms with E-state index in [4.69, 9.17) is 0 Å². The monoisotopic (exact) mass is 161 g/mol. The van der Waals surface area contributed by atoms with Crippen LogP contribution in [0.25, 0.3) is 0 Å². The molecule has 3 nitrogen and oxygen atoms in total. The van der Waals surface area contributed by atoms with Crippen LogP contribution in [0.2, 0.25) is 0 Å². The number of nitrogens with zero attached hydrogens (tertiary/aromatic N) is 2. The second-order valence-electron chi connectivity index (χ2n) is 3.02. The van der Waals surface area contributed by atoms with E-state index in [0.717, 1.165) is 11.4 Å². The van der Waals surface area contributed by atoms with Crippen molar-refractivity contribution in [1.29, 1.82) is 0 Å². The normalized spacial score (nSPS) is 26.5. The summed E-state index contributed by atoms with van der Waals surface area (Å²) in [6, 6.07) is 0.149.